The summed E-state index contributed by atoms with van der Waals surface area (Å²) in [6.45, 7) is 0. The van der Waals surface area contributed by atoms with E-state index in [0.717, 1.165) is 0 Å². The second kappa shape index (κ2) is 2.95. The lowest BCUT2D eigenvalue weighted by Crippen LogP contribution is -1.96. The fraction of sp³-hybridized carbons (Fsp3) is 0.400. The zero-order chi connectivity index (χ0) is 7.40. The number of methoxy groups -OCH3 is 2. The monoisotopic (exact) mass is 141 g/mol. The summed E-state index contributed by atoms with van der Waals surface area (Å²) in [6, 6.07) is 0. The van der Waals surface area contributed by atoms with Gasteiger partial charge in [-0.25, -0.2) is 0 Å². The Balaban J connectivity index is 2.96. The van der Waals surface area contributed by atoms with Gasteiger partial charge in [-0.15, -0.1) is 10.2 Å². The van der Waals surface area contributed by atoms with Crippen LogP contribution in [0.4, 0.5) is 0 Å². The molecule has 0 N–H and O–H groups in total. The molecule has 1 aromatic rings. The summed E-state index contributed by atoms with van der Waals surface area (Å²) in [5.41, 5.74) is 0. The highest BCUT2D eigenvalue weighted by atomic mass is 16.5. The van der Waals surface area contributed by atoms with Crippen LogP contribution in [-0.2, 0) is 0 Å². The van der Waals surface area contributed by atoms with Crippen molar-refractivity contribution in [3.8, 4) is 11.8 Å². The van der Waals surface area contributed by atoms with Crippen molar-refractivity contribution in [2.24, 2.45) is 0 Å². The number of ether oxygens (including phenoxy) is 2. The van der Waals surface area contributed by atoms with Crippen LogP contribution in [0, 0.1) is 0 Å². The van der Waals surface area contributed by atoms with E-state index in [1.54, 1.807) is 0 Å². The largest absolute Gasteiger partial charge is 0.477 e. The molecule has 0 bridgehead atoms. The van der Waals surface area contributed by atoms with Crippen LogP contribution in [0.5, 0.6) is 11.8 Å². The molecule has 1 rings (SSSR count). The molecule has 0 aliphatic carbocycles. The van der Waals surface area contributed by atoms with Crippen LogP contribution in [-0.4, -0.2) is 29.4 Å². The van der Waals surface area contributed by atoms with Crippen LogP contribution in [0.2, 0.25) is 0 Å². The summed E-state index contributed by atoms with van der Waals surface area (Å²) in [5, 5.41) is 7.11. The molecule has 0 aliphatic rings. The van der Waals surface area contributed by atoms with Crippen LogP contribution >= 0.6 is 0 Å². The Morgan fingerprint density at radius 2 is 1.90 bits per heavy atom. The molecular weight excluding hydrogens is 134 g/mol. The number of nitrogens with zero attached hydrogens (tertiary/aromatic N) is 3. The predicted octanol–water partition coefficient (Wildman–Crippen LogP) is -0.111. The van der Waals surface area contributed by atoms with Crippen molar-refractivity contribution in [2.45, 2.75) is 0 Å². The molecule has 5 nitrogen and oxygen atoms in total. The maximum atomic E-state index is 4.80. The second-order valence-corrected chi connectivity index (χ2v) is 1.48. The second-order valence-electron chi connectivity index (χ2n) is 1.48. The predicted molar refractivity (Wildman–Crippen MR) is 32.9 cm³/mol. The summed E-state index contributed by atoms with van der Waals surface area (Å²) in [7, 11) is 2.97. The average molecular weight is 141 g/mol. The third-order valence-corrected chi connectivity index (χ3v) is 0.945. The molecule has 0 aromatic carbocycles. The van der Waals surface area contributed by atoms with E-state index in [9.17, 15) is 0 Å². The van der Waals surface area contributed by atoms with Crippen LogP contribution < -0.4 is 9.47 Å². The minimum Gasteiger partial charge on any atom is -0.477 e. The van der Waals surface area contributed by atoms with E-state index in [1.807, 2.05) is 0 Å². The molecule has 1 heterocycles. The molecular formula is C5H7N3O2. The van der Waals surface area contributed by atoms with Crippen LogP contribution in [0.3, 0.4) is 0 Å². The lowest BCUT2D eigenvalue weighted by Gasteiger charge is -2.00. The topological polar surface area (TPSA) is 57.1 Å². The van der Waals surface area contributed by atoms with Gasteiger partial charge in [0.15, 0.2) is 0 Å². The van der Waals surface area contributed by atoms with E-state index < -0.39 is 0 Å². The van der Waals surface area contributed by atoms with Crippen LogP contribution in [0.15, 0.2) is 6.33 Å². The highest BCUT2D eigenvalue weighted by Crippen LogP contribution is 2.16. The van der Waals surface area contributed by atoms with Crippen LogP contribution in [0.25, 0.3) is 0 Å². The number of rotatable bonds is 2. The Kier molecular flexibility index (Phi) is 1.99. The average Bonchev–Trinajstić information content (AvgIpc) is 2.04. The van der Waals surface area contributed by atoms with Gasteiger partial charge in [0.1, 0.15) is 6.33 Å². The summed E-state index contributed by atoms with van der Waals surface area (Å²) in [5.74, 6) is 0.641. The maximum Gasteiger partial charge on any atom is 0.296 e. The molecule has 0 fully saturated rings. The standard InChI is InChI=1S/C5H7N3O2/c1-9-4-5(10-2)8-7-3-6-4/h3H,1-2H3. The Hall–Kier alpha value is -1.39. The fourth-order valence-corrected chi connectivity index (χ4v) is 0.523. The normalized spacial score (nSPS) is 9.00. The van der Waals surface area contributed by atoms with Crippen molar-refractivity contribution >= 4 is 0 Å². The highest BCUT2D eigenvalue weighted by molar-refractivity contribution is 5.21. The van der Waals surface area contributed by atoms with Gasteiger partial charge in [-0.2, -0.15) is 4.98 Å². The van der Waals surface area contributed by atoms with E-state index in [0.29, 0.717) is 11.8 Å². The first-order chi connectivity index (χ1) is 4.88. The van der Waals surface area contributed by atoms with Gasteiger partial charge in [0.2, 0.25) is 0 Å². The number of hydrogen-bond donors (Lipinski definition) is 0. The number of aromatic nitrogens is 3. The van der Waals surface area contributed by atoms with Crippen molar-refractivity contribution in [3.05, 3.63) is 6.33 Å². The third kappa shape index (κ3) is 1.12. The minimum absolute atomic E-state index is 0.296. The van der Waals surface area contributed by atoms with Crippen molar-refractivity contribution in [1.29, 1.82) is 0 Å². The Morgan fingerprint density at radius 3 is 2.40 bits per heavy atom. The first-order valence-corrected chi connectivity index (χ1v) is 2.64. The summed E-state index contributed by atoms with van der Waals surface area (Å²) in [6.07, 6.45) is 1.29. The SMILES string of the molecule is COc1ncnnc1OC. The summed E-state index contributed by atoms with van der Waals surface area (Å²) >= 11 is 0. The van der Waals surface area contributed by atoms with Gasteiger partial charge in [-0.05, 0) is 0 Å². The molecule has 54 valence electrons. The zero-order valence-corrected chi connectivity index (χ0v) is 5.74. The molecule has 1 aromatic heterocycles. The van der Waals surface area contributed by atoms with Gasteiger partial charge in [0, 0.05) is 0 Å². The molecule has 0 atom stereocenters. The first kappa shape index (κ1) is 6.73. The van der Waals surface area contributed by atoms with Gasteiger partial charge in [0.05, 0.1) is 14.2 Å². The quantitative estimate of drug-likeness (QED) is 0.575. The molecule has 0 unspecified atom stereocenters. The van der Waals surface area contributed by atoms with Crippen LogP contribution in [0.1, 0.15) is 0 Å². The highest BCUT2D eigenvalue weighted by Gasteiger charge is 2.03. The molecule has 0 aliphatic heterocycles. The Morgan fingerprint density at radius 1 is 1.20 bits per heavy atom. The van der Waals surface area contributed by atoms with Crippen molar-refractivity contribution < 1.29 is 9.47 Å². The van der Waals surface area contributed by atoms with E-state index >= 15 is 0 Å². The Bertz CT molecular complexity index is 193. The first-order valence-electron chi connectivity index (χ1n) is 2.64. The zero-order valence-electron chi connectivity index (χ0n) is 5.74. The van der Waals surface area contributed by atoms with E-state index in [-0.39, 0.29) is 0 Å². The van der Waals surface area contributed by atoms with E-state index in [2.05, 4.69) is 15.2 Å². The molecule has 0 amide bonds. The smallest absolute Gasteiger partial charge is 0.296 e. The molecule has 0 radical (unpaired) electrons. The molecule has 0 saturated carbocycles. The number of hydrogen-bond acceptors (Lipinski definition) is 5. The van der Waals surface area contributed by atoms with Gasteiger partial charge in [-0.3, -0.25) is 0 Å². The van der Waals surface area contributed by atoms with Gasteiger partial charge < -0.3 is 9.47 Å². The lowest BCUT2D eigenvalue weighted by molar-refractivity contribution is 0.326. The molecule has 0 saturated heterocycles. The van der Waals surface area contributed by atoms with E-state index in [4.69, 9.17) is 9.47 Å². The fourth-order valence-electron chi connectivity index (χ4n) is 0.523. The summed E-state index contributed by atoms with van der Waals surface area (Å²) < 4.78 is 9.57. The minimum atomic E-state index is 0.296. The van der Waals surface area contributed by atoms with Gasteiger partial charge in [-0.1, -0.05) is 0 Å². The van der Waals surface area contributed by atoms with Gasteiger partial charge in [0.25, 0.3) is 11.8 Å². The summed E-state index contributed by atoms with van der Waals surface area (Å²) in [4.78, 5) is 3.75. The van der Waals surface area contributed by atoms with Crippen molar-refractivity contribution in [3.63, 3.8) is 0 Å². The van der Waals surface area contributed by atoms with E-state index in [1.165, 1.54) is 20.5 Å². The van der Waals surface area contributed by atoms with Crippen molar-refractivity contribution in [1.82, 2.24) is 15.2 Å². The third-order valence-electron chi connectivity index (χ3n) is 0.945. The molecule has 5 heteroatoms. The lowest BCUT2D eigenvalue weighted by atomic mass is 10.7. The Labute approximate surface area is 58.0 Å². The maximum absolute atomic E-state index is 4.80. The molecule has 0 spiro atoms. The molecule has 10 heavy (non-hydrogen) atoms. The van der Waals surface area contributed by atoms with Crippen molar-refractivity contribution in [2.75, 3.05) is 14.2 Å². The van der Waals surface area contributed by atoms with Gasteiger partial charge >= 0.3 is 0 Å².